The van der Waals surface area contributed by atoms with E-state index in [-0.39, 0.29) is 11.9 Å². The highest BCUT2D eigenvalue weighted by atomic mass is 35.5. The second-order valence-corrected chi connectivity index (χ2v) is 8.72. The van der Waals surface area contributed by atoms with Crippen LogP contribution in [0.2, 0.25) is 5.02 Å². The Morgan fingerprint density at radius 3 is 2.55 bits per heavy atom. The summed E-state index contributed by atoms with van der Waals surface area (Å²) in [7, 11) is 0. The first kappa shape index (κ1) is 20.2. The third-order valence-electron chi connectivity index (χ3n) is 5.27. The van der Waals surface area contributed by atoms with Crippen molar-refractivity contribution in [1.29, 1.82) is 0 Å². The second kappa shape index (κ2) is 8.71. The molecule has 1 aliphatic rings. The van der Waals surface area contributed by atoms with Gasteiger partial charge in [-0.15, -0.1) is 11.3 Å². The molecule has 1 fully saturated rings. The van der Waals surface area contributed by atoms with Gasteiger partial charge in [-0.05, 0) is 49.2 Å². The molecule has 0 spiro atoms. The lowest BCUT2D eigenvalue weighted by atomic mass is 9.94. The number of nitrogens with one attached hydrogen (secondary N) is 1. The fourth-order valence-corrected chi connectivity index (χ4v) is 4.89. The average molecular weight is 431 g/mol. The number of benzene rings is 1. The molecule has 1 atom stereocenters. The van der Waals surface area contributed by atoms with Crippen LogP contribution in [-0.2, 0) is 4.74 Å². The Labute approximate surface area is 179 Å². The fraction of sp³-hybridized carbons (Fsp3) is 0.318. The number of rotatable bonds is 5. The van der Waals surface area contributed by atoms with Gasteiger partial charge < -0.3 is 14.5 Å². The van der Waals surface area contributed by atoms with Gasteiger partial charge in [0.05, 0.1) is 25.5 Å². The van der Waals surface area contributed by atoms with Gasteiger partial charge in [0.15, 0.2) is 5.76 Å². The van der Waals surface area contributed by atoms with Crippen molar-refractivity contribution in [3.63, 3.8) is 0 Å². The number of nitrogens with zero attached hydrogens (tertiary/aromatic N) is 1. The number of carbonyl (C=O) groups is 1. The standard InChI is InChI=1S/C22H23ClN2O3S/c1-14-15(2)29-22(24-21(26)18-4-3-11-28-18)19(14)20(25-9-12-27-13-10-25)16-5-7-17(23)8-6-16/h3-8,11,20H,9-10,12-13H2,1-2H3,(H,24,26)/t20-/m1/s1. The van der Waals surface area contributed by atoms with Gasteiger partial charge in [-0.3, -0.25) is 9.69 Å². The quantitative estimate of drug-likeness (QED) is 0.597. The van der Waals surface area contributed by atoms with Crippen LogP contribution in [0.25, 0.3) is 0 Å². The Morgan fingerprint density at radius 2 is 1.90 bits per heavy atom. The van der Waals surface area contributed by atoms with Crippen molar-refractivity contribution in [2.24, 2.45) is 0 Å². The minimum absolute atomic E-state index is 0.00742. The SMILES string of the molecule is Cc1sc(NC(=O)c2ccco2)c([C@@H](c2ccc(Cl)cc2)N2CCOCC2)c1C. The highest BCUT2D eigenvalue weighted by Crippen LogP contribution is 2.42. The lowest BCUT2D eigenvalue weighted by molar-refractivity contribution is 0.0240. The summed E-state index contributed by atoms with van der Waals surface area (Å²) in [6.07, 6.45) is 1.50. The Hall–Kier alpha value is -2.12. The van der Waals surface area contributed by atoms with E-state index < -0.39 is 0 Å². The topological polar surface area (TPSA) is 54.7 Å². The zero-order chi connectivity index (χ0) is 20.4. The minimum atomic E-state index is -0.241. The molecule has 5 nitrogen and oxygen atoms in total. The molecular formula is C22H23ClN2O3S. The molecule has 1 aliphatic heterocycles. The predicted molar refractivity (Wildman–Crippen MR) is 116 cm³/mol. The van der Waals surface area contributed by atoms with Crippen molar-refractivity contribution >= 4 is 33.8 Å². The van der Waals surface area contributed by atoms with Crippen molar-refractivity contribution in [2.75, 3.05) is 31.6 Å². The average Bonchev–Trinajstić information content (AvgIpc) is 3.35. The van der Waals surface area contributed by atoms with Crippen LogP contribution >= 0.6 is 22.9 Å². The number of anilines is 1. The number of thiophene rings is 1. The molecule has 1 saturated heterocycles. The van der Waals surface area contributed by atoms with Crippen LogP contribution in [0.5, 0.6) is 0 Å². The van der Waals surface area contributed by atoms with E-state index in [9.17, 15) is 4.79 Å². The van der Waals surface area contributed by atoms with E-state index in [1.54, 1.807) is 23.5 Å². The monoisotopic (exact) mass is 430 g/mol. The van der Waals surface area contributed by atoms with Gasteiger partial charge in [-0.1, -0.05) is 23.7 Å². The molecule has 0 aliphatic carbocycles. The highest BCUT2D eigenvalue weighted by Gasteiger charge is 2.30. The van der Waals surface area contributed by atoms with Crippen molar-refractivity contribution in [3.05, 3.63) is 75.0 Å². The van der Waals surface area contributed by atoms with Crippen molar-refractivity contribution in [3.8, 4) is 0 Å². The Bertz CT molecular complexity index is 976. The molecule has 0 radical (unpaired) electrons. The molecule has 1 amide bonds. The second-order valence-electron chi connectivity index (χ2n) is 7.06. The van der Waals surface area contributed by atoms with Crippen LogP contribution < -0.4 is 5.32 Å². The zero-order valence-electron chi connectivity index (χ0n) is 16.4. The number of furan rings is 1. The zero-order valence-corrected chi connectivity index (χ0v) is 18.0. The third kappa shape index (κ3) is 4.26. The maximum absolute atomic E-state index is 12.7. The largest absolute Gasteiger partial charge is 0.459 e. The number of morpholine rings is 1. The van der Waals surface area contributed by atoms with Gasteiger partial charge in [0.25, 0.3) is 5.91 Å². The van der Waals surface area contributed by atoms with Crippen LogP contribution in [0.4, 0.5) is 5.00 Å². The van der Waals surface area contributed by atoms with Crippen molar-refractivity contribution in [2.45, 2.75) is 19.9 Å². The van der Waals surface area contributed by atoms with Crippen LogP contribution in [0.3, 0.4) is 0 Å². The number of halogens is 1. The number of carbonyl (C=O) groups excluding carboxylic acids is 1. The number of amides is 1. The molecule has 3 aromatic rings. The molecule has 29 heavy (non-hydrogen) atoms. The van der Waals surface area contributed by atoms with Crippen LogP contribution in [-0.4, -0.2) is 37.1 Å². The Balaban J connectivity index is 1.77. The summed E-state index contributed by atoms with van der Waals surface area (Å²) in [5.74, 6) is 0.0587. The number of hydrogen-bond acceptors (Lipinski definition) is 5. The number of ether oxygens (including phenoxy) is 1. The molecule has 3 heterocycles. The van der Waals surface area contributed by atoms with Gasteiger partial charge in [-0.2, -0.15) is 0 Å². The Kier molecular flexibility index (Phi) is 6.06. The maximum Gasteiger partial charge on any atom is 0.291 e. The molecule has 1 aromatic carbocycles. The van der Waals surface area contributed by atoms with Crippen LogP contribution in [0.15, 0.2) is 47.1 Å². The maximum atomic E-state index is 12.7. The number of hydrogen-bond donors (Lipinski definition) is 1. The molecule has 0 saturated carbocycles. The molecule has 0 bridgehead atoms. The molecular weight excluding hydrogens is 408 g/mol. The van der Waals surface area contributed by atoms with Gasteiger partial charge in [0.2, 0.25) is 0 Å². The normalized spacial score (nSPS) is 16.0. The summed E-state index contributed by atoms with van der Waals surface area (Å²) >= 11 is 7.74. The van der Waals surface area contributed by atoms with Gasteiger partial charge in [0.1, 0.15) is 5.00 Å². The summed E-state index contributed by atoms with van der Waals surface area (Å²) < 4.78 is 10.8. The summed E-state index contributed by atoms with van der Waals surface area (Å²) in [4.78, 5) is 16.3. The smallest absolute Gasteiger partial charge is 0.291 e. The van der Waals surface area contributed by atoms with E-state index >= 15 is 0 Å². The summed E-state index contributed by atoms with van der Waals surface area (Å²) in [6, 6.07) is 11.3. The lowest BCUT2D eigenvalue weighted by Gasteiger charge is -2.35. The lowest BCUT2D eigenvalue weighted by Crippen LogP contribution is -2.39. The molecule has 0 unspecified atom stereocenters. The van der Waals surface area contributed by atoms with E-state index in [0.717, 1.165) is 29.2 Å². The van der Waals surface area contributed by atoms with E-state index in [4.69, 9.17) is 20.8 Å². The summed E-state index contributed by atoms with van der Waals surface area (Å²) in [5.41, 5.74) is 3.46. The van der Waals surface area contributed by atoms with Gasteiger partial charge >= 0.3 is 0 Å². The highest BCUT2D eigenvalue weighted by molar-refractivity contribution is 7.16. The van der Waals surface area contributed by atoms with E-state index in [1.165, 1.54) is 16.7 Å². The summed E-state index contributed by atoms with van der Waals surface area (Å²) in [6.45, 7) is 7.25. The minimum Gasteiger partial charge on any atom is -0.459 e. The Morgan fingerprint density at radius 1 is 1.17 bits per heavy atom. The fourth-order valence-electron chi connectivity index (χ4n) is 3.68. The van der Waals surface area contributed by atoms with Gasteiger partial charge in [0, 0.05) is 28.6 Å². The molecule has 4 rings (SSSR count). The molecule has 7 heteroatoms. The third-order valence-corrected chi connectivity index (χ3v) is 6.66. The van der Waals surface area contributed by atoms with E-state index in [2.05, 4.69) is 36.2 Å². The van der Waals surface area contributed by atoms with E-state index in [0.29, 0.717) is 24.0 Å². The first-order valence-corrected chi connectivity index (χ1v) is 10.8. The van der Waals surface area contributed by atoms with E-state index in [1.807, 2.05) is 12.1 Å². The molecule has 152 valence electrons. The van der Waals surface area contributed by atoms with Crippen LogP contribution in [0, 0.1) is 13.8 Å². The first-order valence-electron chi connectivity index (χ1n) is 9.56. The predicted octanol–water partition coefficient (Wildman–Crippen LogP) is 5.29. The number of aryl methyl sites for hydroxylation is 1. The van der Waals surface area contributed by atoms with Crippen molar-refractivity contribution < 1.29 is 13.9 Å². The van der Waals surface area contributed by atoms with Crippen molar-refractivity contribution in [1.82, 2.24) is 4.90 Å². The van der Waals surface area contributed by atoms with Gasteiger partial charge in [-0.25, -0.2) is 0 Å². The molecule has 1 N–H and O–H groups in total. The van der Waals surface area contributed by atoms with Crippen LogP contribution in [0.1, 0.15) is 38.2 Å². The summed E-state index contributed by atoms with van der Waals surface area (Å²) in [5, 5.41) is 4.64. The first-order chi connectivity index (χ1) is 14.0. The molecule has 2 aromatic heterocycles.